The highest BCUT2D eigenvalue weighted by Gasteiger charge is 1.91. The fourth-order valence-corrected chi connectivity index (χ4v) is 2.13. The van der Waals surface area contributed by atoms with Gasteiger partial charge in [-0.1, -0.05) is 82.6 Å². The van der Waals surface area contributed by atoms with Gasteiger partial charge in [-0.3, -0.25) is 4.79 Å². The van der Waals surface area contributed by atoms with Crippen molar-refractivity contribution < 1.29 is 9.90 Å². The zero-order valence-corrected chi connectivity index (χ0v) is 13.2. The quantitative estimate of drug-likeness (QED) is 0.318. The molecule has 2 nitrogen and oxygen atoms in total. The Morgan fingerprint density at radius 1 is 0.800 bits per heavy atom. The van der Waals surface area contributed by atoms with Crippen molar-refractivity contribution in [1.82, 2.24) is 0 Å². The van der Waals surface area contributed by atoms with Crippen molar-refractivity contribution in [2.24, 2.45) is 0 Å². The molecule has 0 spiro atoms. The molecule has 0 aliphatic heterocycles. The molecule has 0 amide bonds. The van der Waals surface area contributed by atoms with Crippen LogP contribution in [0, 0.1) is 0 Å². The summed E-state index contributed by atoms with van der Waals surface area (Å²) < 4.78 is 0. The Kier molecular flexibility index (Phi) is 15.2. The third-order valence-electron chi connectivity index (χ3n) is 3.38. The summed E-state index contributed by atoms with van der Waals surface area (Å²) in [5, 5.41) is 8.47. The van der Waals surface area contributed by atoms with Gasteiger partial charge in [-0.25, -0.2) is 0 Å². The largest absolute Gasteiger partial charge is 0.481 e. The van der Waals surface area contributed by atoms with Crippen LogP contribution < -0.4 is 0 Å². The SMILES string of the molecule is CCCCCCCCCCCC=CC=CCCC(=O)O. The first-order valence-electron chi connectivity index (χ1n) is 8.30. The molecule has 0 aromatic heterocycles. The summed E-state index contributed by atoms with van der Waals surface area (Å²) in [4.78, 5) is 10.3. The van der Waals surface area contributed by atoms with Crippen molar-refractivity contribution in [1.29, 1.82) is 0 Å². The number of unbranched alkanes of at least 4 members (excludes halogenated alkanes) is 9. The van der Waals surface area contributed by atoms with Crippen LogP contribution in [0.5, 0.6) is 0 Å². The fraction of sp³-hybridized carbons (Fsp3) is 0.722. The maximum absolute atomic E-state index is 10.3. The van der Waals surface area contributed by atoms with E-state index in [9.17, 15) is 4.79 Å². The number of hydrogen-bond acceptors (Lipinski definition) is 1. The molecule has 116 valence electrons. The minimum atomic E-state index is -0.728. The van der Waals surface area contributed by atoms with Crippen molar-refractivity contribution in [2.45, 2.75) is 84.0 Å². The lowest BCUT2D eigenvalue weighted by molar-refractivity contribution is -0.136. The molecular formula is C18H32O2. The first kappa shape index (κ1) is 18.9. The molecule has 0 unspecified atom stereocenters. The molecule has 0 aromatic rings. The van der Waals surface area contributed by atoms with Gasteiger partial charge in [0.25, 0.3) is 0 Å². The summed E-state index contributed by atoms with van der Waals surface area (Å²) in [7, 11) is 0. The fourth-order valence-electron chi connectivity index (χ4n) is 2.13. The summed E-state index contributed by atoms with van der Waals surface area (Å²) in [6, 6.07) is 0. The van der Waals surface area contributed by atoms with Gasteiger partial charge >= 0.3 is 5.97 Å². The van der Waals surface area contributed by atoms with E-state index >= 15 is 0 Å². The topological polar surface area (TPSA) is 37.3 Å². The smallest absolute Gasteiger partial charge is 0.303 e. The number of aliphatic carboxylic acids is 1. The molecule has 0 atom stereocenters. The average Bonchev–Trinajstić information content (AvgIpc) is 2.43. The molecule has 1 N–H and O–H groups in total. The highest BCUT2D eigenvalue weighted by Crippen LogP contribution is 2.10. The van der Waals surface area contributed by atoms with Crippen LogP contribution in [0.1, 0.15) is 84.0 Å². The highest BCUT2D eigenvalue weighted by atomic mass is 16.4. The number of carboxylic acid groups (broad SMARTS) is 1. The zero-order chi connectivity index (χ0) is 14.9. The molecule has 20 heavy (non-hydrogen) atoms. The molecule has 0 aliphatic rings. The number of rotatable bonds is 14. The van der Waals surface area contributed by atoms with E-state index in [0.717, 1.165) is 6.42 Å². The van der Waals surface area contributed by atoms with E-state index in [1.165, 1.54) is 57.8 Å². The van der Waals surface area contributed by atoms with Crippen LogP contribution in [0.3, 0.4) is 0 Å². The van der Waals surface area contributed by atoms with Gasteiger partial charge in [-0.15, -0.1) is 0 Å². The van der Waals surface area contributed by atoms with Crippen molar-refractivity contribution in [3.63, 3.8) is 0 Å². The van der Waals surface area contributed by atoms with Crippen LogP contribution >= 0.6 is 0 Å². The Hall–Kier alpha value is -1.05. The standard InChI is InChI=1S/C18H32O2/c1-2-3-4-5-6-7-8-9-10-11-12-13-14-15-16-17-18(19)20/h12-15H,2-11,16-17H2,1H3,(H,19,20). The summed E-state index contributed by atoms with van der Waals surface area (Å²) in [5.74, 6) is -0.728. The summed E-state index contributed by atoms with van der Waals surface area (Å²) in [5.41, 5.74) is 0. The molecule has 0 radical (unpaired) electrons. The second-order valence-corrected chi connectivity index (χ2v) is 5.41. The van der Waals surface area contributed by atoms with Crippen molar-refractivity contribution >= 4 is 5.97 Å². The second kappa shape index (κ2) is 16.0. The van der Waals surface area contributed by atoms with Gasteiger partial charge < -0.3 is 5.11 Å². The minimum absolute atomic E-state index is 0.225. The molecule has 0 heterocycles. The molecule has 0 saturated carbocycles. The Balaban J connectivity index is 3.17. The predicted molar refractivity (Wildman–Crippen MR) is 87.0 cm³/mol. The summed E-state index contributed by atoms with van der Waals surface area (Å²) in [6.07, 6.45) is 22.4. The van der Waals surface area contributed by atoms with Crippen molar-refractivity contribution in [3.8, 4) is 0 Å². The molecule has 2 heteroatoms. The van der Waals surface area contributed by atoms with E-state index in [4.69, 9.17) is 5.11 Å². The lowest BCUT2D eigenvalue weighted by atomic mass is 10.1. The molecular weight excluding hydrogens is 248 g/mol. The monoisotopic (exact) mass is 280 g/mol. The van der Waals surface area contributed by atoms with Gasteiger partial charge in [0.15, 0.2) is 0 Å². The van der Waals surface area contributed by atoms with Gasteiger partial charge in [-0.2, -0.15) is 0 Å². The second-order valence-electron chi connectivity index (χ2n) is 5.41. The van der Waals surface area contributed by atoms with Gasteiger partial charge in [0, 0.05) is 6.42 Å². The maximum atomic E-state index is 10.3. The van der Waals surface area contributed by atoms with Gasteiger partial charge in [0.05, 0.1) is 0 Å². The van der Waals surface area contributed by atoms with Crippen LogP contribution in [-0.2, 0) is 4.79 Å². The van der Waals surface area contributed by atoms with Gasteiger partial charge in [-0.05, 0) is 19.3 Å². The Morgan fingerprint density at radius 2 is 1.30 bits per heavy atom. The van der Waals surface area contributed by atoms with E-state index < -0.39 is 5.97 Å². The first-order chi connectivity index (χ1) is 9.77. The van der Waals surface area contributed by atoms with E-state index in [0.29, 0.717) is 6.42 Å². The average molecular weight is 280 g/mol. The lowest BCUT2D eigenvalue weighted by Gasteiger charge is -2.00. The van der Waals surface area contributed by atoms with Crippen LogP contribution in [0.25, 0.3) is 0 Å². The van der Waals surface area contributed by atoms with E-state index in [-0.39, 0.29) is 6.42 Å². The molecule has 0 fully saturated rings. The van der Waals surface area contributed by atoms with Crippen LogP contribution in [0.4, 0.5) is 0 Å². The van der Waals surface area contributed by atoms with Gasteiger partial charge in [0.2, 0.25) is 0 Å². The Bertz CT molecular complexity index is 267. The molecule has 0 saturated heterocycles. The highest BCUT2D eigenvalue weighted by molar-refractivity contribution is 5.66. The number of allylic oxidation sites excluding steroid dienone is 4. The van der Waals surface area contributed by atoms with Gasteiger partial charge in [0.1, 0.15) is 0 Å². The normalized spacial score (nSPS) is 11.7. The summed E-state index contributed by atoms with van der Waals surface area (Å²) >= 11 is 0. The molecule has 0 aliphatic carbocycles. The number of hydrogen-bond donors (Lipinski definition) is 1. The zero-order valence-electron chi connectivity index (χ0n) is 13.2. The molecule has 0 bridgehead atoms. The number of carboxylic acids is 1. The van der Waals surface area contributed by atoms with Crippen LogP contribution in [0.15, 0.2) is 24.3 Å². The number of carbonyl (C=O) groups is 1. The third-order valence-corrected chi connectivity index (χ3v) is 3.38. The van der Waals surface area contributed by atoms with Crippen molar-refractivity contribution in [2.75, 3.05) is 0 Å². The van der Waals surface area contributed by atoms with E-state index in [1.54, 1.807) is 0 Å². The molecule has 0 aromatic carbocycles. The van der Waals surface area contributed by atoms with E-state index in [2.05, 4.69) is 13.0 Å². The summed E-state index contributed by atoms with van der Waals surface area (Å²) in [6.45, 7) is 2.26. The first-order valence-corrected chi connectivity index (χ1v) is 8.30. The Morgan fingerprint density at radius 3 is 1.85 bits per heavy atom. The Labute approximate surface area is 125 Å². The van der Waals surface area contributed by atoms with Crippen LogP contribution in [0.2, 0.25) is 0 Å². The van der Waals surface area contributed by atoms with E-state index in [1.807, 2.05) is 18.2 Å². The third kappa shape index (κ3) is 16.9. The maximum Gasteiger partial charge on any atom is 0.303 e. The van der Waals surface area contributed by atoms with Crippen LogP contribution in [-0.4, -0.2) is 11.1 Å². The minimum Gasteiger partial charge on any atom is -0.481 e. The molecule has 0 rings (SSSR count). The lowest BCUT2D eigenvalue weighted by Crippen LogP contribution is -1.91. The van der Waals surface area contributed by atoms with Crippen molar-refractivity contribution in [3.05, 3.63) is 24.3 Å². The predicted octanol–water partition coefficient (Wildman–Crippen LogP) is 5.88.